The third-order valence-electron chi connectivity index (χ3n) is 2.43. The fraction of sp³-hybridized carbons (Fsp3) is 0.556. The van der Waals surface area contributed by atoms with Gasteiger partial charge in [0, 0.05) is 12.5 Å². The van der Waals surface area contributed by atoms with Gasteiger partial charge in [-0.15, -0.1) is 9.73 Å². The molecule has 0 aliphatic carbocycles. The van der Waals surface area contributed by atoms with E-state index in [4.69, 9.17) is 5.73 Å². The zero-order chi connectivity index (χ0) is 10.8. The van der Waals surface area contributed by atoms with Gasteiger partial charge in [-0.05, 0) is 28.5 Å². The number of nitrogens with zero attached hydrogens (tertiary/aromatic N) is 5. The lowest BCUT2D eigenvalue weighted by atomic mass is 10.0. The van der Waals surface area contributed by atoms with E-state index in [1.165, 1.54) is 4.63 Å². The van der Waals surface area contributed by atoms with Gasteiger partial charge in [0.25, 0.3) is 0 Å². The molecule has 0 radical (unpaired) electrons. The quantitative estimate of drug-likeness (QED) is 0.767. The summed E-state index contributed by atoms with van der Waals surface area (Å²) in [6.45, 7) is 4.19. The third kappa shape index (κ3) is 2.10. The highest BCUT2D eigenvalue weighted by Gasteiger charge is 2.10. The SMILES string of the molecule is CC(C)C(N)Cc1ccc2nnnn2n1. The van der Waals surface area contributed by atoms with Gasteiger partial charge in [-0.1, -0.05) is 13.8 Å². The van der Waals surface area contributed by atoms with E-state index in [-0.39, 0.29) is 6.04 Å². The van der Waals surface area contributed by atoms with Gasteiger partial charge >= 0.3 is 0 Å². The second-order valence-electron chi connectivity index (χ2n) is 3.96. The molecular formula is C9H14N6. The van der Waals surface area contributed by atoms with Crippen molar-refractivity contribution in [1.29, 1.82) is 0 Å². The van der Waals surface area contributed by atoms with Crippen molar-refractivity contribution in [1.82, 2.24) is 25.3 Å². The van der Waals surface area contributed by atoms with Gasteiger partial charge in [0.05, 0.1) is 5.69 Å². The molecule has 2 aromatic heterocycles. The van der Waals surface area contributed by atoms with Crippen LogP contribution in [0.25, 0.3) is 5.65 Å². The summed E-state index contributed by atoms with van der Waals surface area (Å²) in [5, 5.41) is 15.3. The first-order valence-corrected chi connectivity index (χ1v) is 4.96. The molecule has 0 saturated carbocycles. The lowest BCUT2D eigenvalue weighted by Crippen LogP contribution is -2.29. The van der Waals surface area contributed by atoms with Crippen LogP contribution in [0.3, 0.4) is 0 Å². The van der Waals surface area contributed by atoms with Crippen molar-refractivity contribution in [2.24, 2.45) is 11.7 Å². The summed E-state index contributed by atoms with van der Waals surface area (Å²) in [6, 6.07) is 3.87. The van der Waals surface area contributed by atoms with E-state index in [1.807, 2.05) is 12.1 Å². The maximum atomic E-state index is 5.97. The van der Waals surface area contributed by atoms with Crippen LogP contribution in [0.4, 0.5) is 0 Å². The number of rotatable bonds is 3. The number of tetrazole rings is 1. The molecule has 0 amide bonds. The minimum absolute atomic E-state index is 0.117. The molecule has 0 spiro atoms. The fourth-order valence-electron chi connectivity index (χ4n) is 1.27. The lowest BCUT2D eigenvalue weighted by molar-refractivity contribution is 0.482. The Morgan fingerprint density at radius 2 is 2.20 bits per heavy atom. The van der Waals surface area contributed by atoms with Crippen molar-refractivity contribution in [3.05, 3.63) is 17.8 Å². The predicted octanol–water partition coefficient (Wildman–Crippen LogP) is 0.0451. The Kier molecular flexibility index (Phi) is 2.59. The number of hydrogen-bond acceptors (Lipinski definition) is 5. The van der Waals surface area contributed by atoms with E-state index in [2.05, 4.69) is 34.5 Å². The molecule has 2 N–H and O–H groups in total. The first-order valence-electron chi connectivity index (χ1n) is 4.96. The molecule has 1 atom stereocenters. The van der Waals surface area contributed by atoms with E-state index in [9.17, 15) is 0 Å². The Balaban J connectivity index is 2.21. The highest BCUT2D eigenvalue weighted by molar-refractivity contribution is 5.32. The van der Waals surface area contributed by atoms with Gasteiger partial charge < -0.3 is 5.73 Å². The molecule has 0 bridgehead atoms. The molecule has 15 heavy (non-hydrogen) atoms. The van der Waals surface area contributed by atoms with Crippen molar-refractivity contribution in [2.75, 3.05) is 0 Å². The molecule has 80 valence electrons. The van der Waals surface area contributed by atoms with Crippen molar-refractivity contribution in [3.8, 4) is 0 Å². The van der Waals surface area contributed by atoms with Crippen LogP contribution in [-0.4, -0.2) is 31.3 Å². The number of aromatic nitrogens is 5. The Labute approximate surface area is 87.5 Å². The number of fused-ring (bicyclic) bond motifs is 1. The van der Waals surface area contributed by atoms with Gasteiger partial charge in [0.1, 0.15) is 0 Å². The van der Waals surface area contributed by atoms with Crippen LogP contribution in [0.1, 0.15) is 19.5 Å². The maximum Gasteiger partial charge on any atom is 0.199 e. The second-order valence-corrected chi connectivity index (χ2v) is 3.96. The Morgan fingerprint density at radius 1 is 1.40 bits per heavy atom. The molecule has 2 heterocycles. The molecule has 0 aliphatic rings. The van der Waals surface area contributed by atoms with Gasteiger partial charge in [-0.2, -0.15) is 5.10 Å². The Morgan fingerprint density at radius 3 is 2.93 bits per heavy atom. The topological polar surface area (TPSA) is 82.0 Å². The molecule has 0 aromatic carbocycles. The summed E-state index contributed by atoms with van der Waals surface area (Å²) in [4.78, 5) is 0. The highest BCUT2D eigenvalue weighted by Crippen LogP contribution is 2.06. The Hall–Kier alpha value is -1.56. The zero-order valence-corrected chi connectivity index (χ0v) is 8.83. The highest BCUT2D eigenvalue weighted by atomic mass is 15.6. The molecule has 1 unspecified atom stereocenters. The zero-order valence-electron chi connectivity index (χ0n) is 8.83. The first-order chi connectivity index (χ1) is 7.16. The van der Waals surface area contributed by atoms with Crippen LogP contribution in [-0.2, 0) is 6.42 Å². The third-order valence-corrected chi connectivity index (χ3v) is 2.43. The fourth-order valence-corrected chi connectivity index (χ4v) is 1.27. The number of hydrogen-bond donors (Lipinski definition) is 1. The maximum absolute atomic E-state index is 5.97. The summed E-state index contributed by atoms with van der Waals surface area (Å²) < 4.78 is 1.42. The monoisotopic (exact) mass is 206 g/mol. The lowest BCUT2D eigenvalue weighted by Gasteiger charge is -2.14. The van der Waals surface area contributed by atoms with Crippen LogP contribution in [0.15, 0.2) is 12.1 Å². The van der Waals surface area contributed by atoms with Crippen molar-refractivity contribution < 1.29 is 0 Å². The molecular weight excluding hydrogens is 192 g/mol. The summed E-state index contributed by atoms with van der Waals surface area (Å²) in [5.74, 6) is 0.441. The Bertz CT molecular complexity index is 449. The summed E-state index contributed by atoms with van der Waals surface area (Å²) in [6.07, 6.45) is 0.744. The normalized spacial score (nSPS) is 13.6. The van der Waals surface area contributed by atoms with Crippen LogP contribution >= 0.6 is 0 Å². The van der Waals surface area contributed by atoms with E-state index in [0.29, 0.717) is 11.6 Å². The van der Waals surface area contributed by atoms with E-state index in [1.54, 1.807) is 0 Å². The first kappa shape index (κ1) is 9.97. The largest absolute Gasteiger partial charge is 0.327 e. The molecule has 0 aliphatic heterocycles. The van der Waals surface area contributed by atoms with Crippen LogP contribution in [0.2, 0.25) is 0 Å². The van der Waals surface area contributed by atoms with Crippen LogP contribution in [0, 0.1) is 5.92 Å². The molecule has 2 aromatic rings. The number of nitrogens with two attached hydrogens (primary N) is 1. The van der Waals surface area contributed by atoms with E-state index in [0.717, 1.165) is 12.1 Å². The summed E-state index contributed by atoms with van der Waals surface area (Å²) >= 11 is 0. The van der Waals surface area contributed by atoms with Crippen molar-refractivity contribution in [2.45, 2.75) is 26.3 Å². The minimum Gasteiger partial charge on any atom is -0.327 e. The van der Waals surface area contributed by atoms with E-state index >= 15 is 0 Å². The van der Waals surface area contributed by atoms with Gasteiger partial charge in [0.2, 0.25) is 0 Å². The summed E-state index contributed by atoms with van der Waals surface area (Å²) in [5.41, 5.74) is 7.53. The molecule has 0 fully saturated rings. The van der Waals surface area contributed by atoms with Gasteiger partial charge in [-0.25, -0.2) is 0 Å². The molecule has 0 saturated heterocycles. The smallest absolute Gasteiger partial charge is 0.199 e. The standard InChI is InChI=1S/C9H14N6/c1-6(2)8(10)5-7-3-4-9-11-13-14-15(9)12-7/h3-4,6,8H,5,10H2,1-2H3. The molecule has 6 nitrogen and oxygen atoms in total. The minimum atomic E-state index is 0.117. The molecule has 2 rings (SSSR count). The molecule has 6 heteroatoms. The second kappa shape index (κ2) is 3.90. The predicted molar refractivity (Wildman–Crippen MR) is 55.1 cm³/mol. The van der Waals surface area contributed by atoms with Crippen LogP contribution in [0.5, 0.6) is 0 Å². The van der Waals surface area contributed by atoms with Crippen molar-refractivity contribution >= 4 is 5.65 Å². The summed E-state index contributed by atoms with van der Waals surface area (Å²) in [7, 11) is 0. The van der Waals surface area contributed by atoms with Gasteiger partial charge in [0.15, 0.2) is 5.65 Å². The van der Waals surface area contributed by atoms with Gasteiger partial charge in [-0.3, -0.25) is 0 Å². The van der Waals surface area contributed by atoms with Crippen molar-refractivity contribution in [3.63, 3.8) is 0 Å². The van der Waals surface area contributed by atoms with Crippen LogP contribution < -0.4 is 5.73 Å². The average molecular weight is 206 g/mol. The van der Waals surface area contributed by atoms with E-state index < -0.39 is 0 Å². The average Bonchev–Trinajstić information content (AvgIpc) is 2.64.